The Morgan fingerprint density at radius 2 is 1.78 bits per heavy atom. The van der Waals surface area contributed by atoms with Crippen molar-refractivity contribution in [3.05, 3.63) is 65.7 Å². The van der Waals surface area contributed by atoms with Gasteiger partial charge in [0.15, 0.2) is 5.78 Å². The van der Waals surface area contributed by atoms with Crippen LogP contribution in [0.15, 0.2) is 54.6 Å². The summed E-state index contributed by atoms with van der Waals surface area (Å²) < 4.78 is 5.66. The van der Waals surface area contributed by atoms with Crippen LogP contribution in [-0.4, -0.2) is 48.1 Å². The Morgan fingerprint density at radius 3 is 2.41 bits per heavy atom. The lowest BCUT2D eigenvalue weighted by Crippen LogP contribution is -2.41. The van der Waals surface area contributed by atoms with E-state index in [0.29, 0.717) is 17.9 Å². The monoisotopic (exact) mass is 367 g/mol. The third-order valence-corrected chi connectivity index (χ3v) is 5.25. The maximum atomic E-state index is 11.3. The average molecular weight is 367 g/mol. The van der Waals surface area contributed by atoms with Crippen molar-refractivity contribution in [2.24, 2.45) is 5.92 Å². The average Bonchev–Trinajstić information content (AvgIpc) is 2.69. The van der Waals surface area contributed by atoms with Crippen LogP contribution in [-0.2, 0) is 6.42 Å². The topological polar surface area (TPSA) is 49.8 Å². The first kappa shape index (κ1) is 19.6. The highest BCUT2D eigenvalue weighted by molar-refractivity contribution is 5.94. The lowest BCUT2D eigenvalue weighted by Gasteiger charge is -2.33. The number of hydrogen-bond acceptors (Lipinski definition) is 4. The smallest absolute Gasteiger partial charge is 0.159 e. The number of carbonyl (C=O) groups is 1. The van der Waals surface area contributed by atoms with Crippen molar-refractivity contribution >= 4 is 5.78 Å². The Bertz CT molecular complexity index is 706. The highest BCUT2D eigenvalue weighted by atomic mass is 16.5. The summed E-state index contributed by atoms with van der Waals surface area (Å²) in [6, 6.07) is 17.7. The minimum atomic E-state index is -0.511. The number of benzene rings is 2. The Labute approximate surface area is 161 Å². The zero-order chi connectivity index (χ0) is 19.1. The van der Waals surface area contributed by atoms with Gasteiger partial charge in [-0.05, 0) is 75.0 Å². The molecule has 0 spiro atoms. The lowest BCUT2D eigenvalue weighted by atomic mass is 9.90. The van der Waals surface area contributed by atoms with Crippen molar-refractivity contribution in [1.29, 1.82) is 0 Å². The van der Waals surface area contributed by atoms with Crippen LogP contribution in [0.4, 0.5) is 0 Å². The minimum Gasteiger partial charge on any atom is -0.491 e. The van der Waals surface area contributed by atoms with Gasteiger partial charge < -0.3 is 14.7 Å². The molecular weight excluding hydrogens is 338 g/mol. The Morgan fingerprint density at radius 1 is 1.11 bits per heavy atom. The van der Waals surface area contributed by atoms with Gasteiger partial charge in [-0.3, -0.25) is 4.79 Å². The van der Waals surface area contributed by atoms with E-state index in [1.807, 2.05) is 0 Å². The molecule has 0 bridgehead atoms. The van der Waals surface area contributed by atoms with Gasteiger partial charge in [0, 0.05) is 12.1 Å². The van der Waals surface area contributed by atoms with Crippen LogP contribution in [0, 0.1) is 5.92 Å². The Hall–Kier alpha value is -2.17. The number of carbonyl (C=O) groups excluding carboxylic acids is 1. The van der Waals surface area contributed by atoms with Crippen LogP contribution in [0.5, 0.6) is 5.75 Å². The van der Waals surface area contributed by atoms with Crippen molar-refractivity contribution < 1.29 is 14.6 Å². The number of nitrogens with zero attached hydrogens (tertiary/aromatic N) is 1. The summed E-state index contributed by atoms with van der Waals surface area (Å²) in [6.07, 6.45) is 2.99. The van der Waals surface area contributed by atoms with Crippen LogP contribution in [0.25, 0.3) is 0 Å². The van der Waals surface area contributed by atoms with Crippen molar-refractivity contribution in [2.75, 3.05) is 26.2 Å². The molecule has 1 heterocycles. The summed E-state index contributed by atoms with van der Waals surface area (Å²) in [4.78, 5) is 13.6. The normalized spacial score (nSPS) is 16.8. The number of piperidine rings is 1. The number of rotatable bonds is 8. The van der Waals surface area contributed by atoms with E-state index in [-0.39, 0.29) is 12.4 Å². The van der Waals surface area contributed by atoms with Gasteiger partial charge >= 0.3 is 0 Å². The number of β-amino-alcohol motifs (C(OH)–C–C–N with tert-alkyl or cyclic N) is 1. The van der Waals surface area contributed by atoms with Crippen LogP contribution >= 0.6 is 0 Å². The lowest BCUT2D eigenvalue weighted by molar-refractivity contribution is 0.0550. The number of ketones is 1. The van der Waals surface area contributed by atoms with Crippen molar-refractivity contribution in [3.8, 4) is 5.75 Å². The summed E-state index contributed by atoms with van der Waals surface area (Å²) >= 11 is 0. The van der Waals surface area contributed by atoms with E-state index in [1.54, 1.807) is 31.2 Å². The summed E-state index contributed by atoms with van der Waals surface area (Å²) in [5, 5.41) is 10.3. The quantitative estimate of drug-likeness (QED) is 0.725. The summed E-state index contributed by atoms with van der Waals surface area (Å²) in [5.74, 6) is 1.45. The predicted molar refractivity (Wildman–Crippen MR) is 107 cm³/mol. The van der Waals surface area contributed by atoms with E-state index in [9.17, 15) is 9.90 Å². The van der Waals surface area contributed by atoms with Gasteiger partial charge in [-0.15, -0.1) is 0 Å². The number of Topliss-reactive ketones (excluding diaryl/α,β-unsaturated/α-hetero) is 1. The second-order valence-corrected chi connectivity index (χ2v) is 7.48. The number of ether oxygens (including phenoxy) is 1. The molecule has 3 rings (SSSR count). The molecule has 0 aromatic heterocycles. The van der Waals surface area contributed by atoms with E-state index in [4.69, 9.17) is 4.74 Å². The van der Waals surface area contributed by atoms with Crippen molar-refractivity contribution in [1.82, 2.24) is 4.90 Å². The number of hydrogen-bond donors (Lipinski definition) is 1. The molecule has 1 aliphatic rings. The Balaban J connectivity index is 1.36. The number of aliphatic hydroxyl groups excluding tert-OH is 1. The second-order valence-electron chi connectivity index (χ2n) is 7.48. The van der Waals surface area contributed by atoms with E-state index in [2.05, 4.69) is 35.2 Å². The van der Waals surface area contributed by atoms with Crippen LogP contribution < -0.4 is 4.74 Å². The van der Waals surface area contributed by atoms with Crippen molar-refractivity contribution in [2.45, 2.75) is 32.3 Å². The molecule has 1 fully saturated rings. The Kier molecular flexibility index (Phi) is 7.02. The molecule has 1 aliphatic heterocycles. The molecule has 1 atom stereocenters. The molecule has 144 valence electrons. The fourth-order valence-corrected chi connectivity index (χ4v) is 3.65. The standard InChI is InChI=1S/C23H29NO3/c1-18(25)21-7-9-23(10-8-21)27-17-22(26)16-24-13-11-20(12-14-24)15-19-5-3-2-4-6-19/h2-10,20,22,26H,11-17H2,1H3/t22-/m1/s1. The highest BCUT2D eigenvalue weighted by Crippen LogP contribution is 2.22. The van der Waals surface area contributed by atoms with E-state index in [1.165, 1.54) is 18.4 Å². The molecule has 27 heavy (non-hydrogen) atoms. The molecule has 2 aromatic rings. The van der Waals surface area contributed by atoms with Crippen molar-refractivity contribution in [3.63, 3.8) is 0 Å². The van der Waals surface area contributed by atoms with Gasteiger partial charge in [0.2, 0.25) is 0 Å². The molecule has 0 radical (unpaired) electrons. The first-order chi connectivity index (χ1) is 13.1. The first-order valence-corrected chi connectivity index (χ1v) is 9.78. The zero-order valence-corrected chi connectivity index (χ0v) is 16.0. The summed E-state index contributed by atoms with van der Waals surface area (Å²) in [7, 11) is 0. The largest absolute Gasteiger partial charge is 0.491 e. The fourth-order valence-electron chi connectivity index (χ4n) is 3.65. The summed E-state index contributed by atoms with van der Waals surface area (Å²) in [6.45, 7) is 4.51. The number of likely N-dealkylation sites (tertiary alicyclic amines) is 1. The molecule has 1 N–H and O–H groups in total. The maximum Gasteiger partial charge on any atom is 0.159 e. The third-order valence-electron chi connectivity index (χ3n) is 5.25. The molecule has 0 aliphatic carbocycles. The van der Waals surface area contributed by atoms with Crippen LogP contribution in [0.2, 0.25) is 0 Å². The molecule has 4 nitrogen and oxygen atoms in total. The second kappa shape index (κ2) is 9.67. The zero-order valence-electron chi connectivity index (χ0n) is 16.0. The first-order valence-electron chi connectivity index (χ1n) is 9.78. The van der Waals surface area contributed by atoms with Gasteiger partial charge in [0.05, 0.1) is 0 Å². The number of aliphatic hydroxyl groups is 1. The SMILES string of the molecule is CC(=O)c1ccc(OC[C@H](O)CN2CCC(Cc3ccccc3)CC2)cc1. The predicted octanol–water partition coefficient (Wildman–Crippen LogP) is 3.58. The molecule has 4 heteroatoms. The minimum absolute atomic E-state index is 0.0391. The molecular formula is C23H29NO3. The van der Waals surface area contributed by atoms with Crippen LogP contribution in [0.3, 0.4) is 0 Å². The molecule has 0 unspecified atom stereocenters. The van der Waals surface area contributed by atoms with Gasteiger partial charge in [0.25, 0.3) is 0 Å². The van der Waals surface area contributed by atoms with Gasteiger partial charge in [0.1, 0.15) is 18.5 Å². The molecule has 0 amide bonds. The maximum absolute atomic E-state index is 11.3. The molecule has 2 aromatic carbocycles. The fraction of sp³-hybridized carbons (Fsp3) is 0.435. The van der Waals surface area contributed by atoms with Gasteiger partial charge in [-0.2, -0.15) is 0 Å². The van der Waals surface area contributed by atoms with E-state index in [0.717, 1.165) is 25.4 Å². The van der Waals surface area contributed by atoms with Gasteiger partial charge in [-0.25, -0.2) is 0 Å². The van der Waals surface area contributed by atoms with Gasteiger partial charge in [-0.1, -0.05) is 30.3 Å². The highest BCUT2D eigenvalue weighted by Gasteiger charge is 2.21. The van der Waals surface area contributed by atoms with E-state index >= 15 is 0 Å². The third kappa shape index (κ3) is 6.19. The van der Waals surface area contributed by atoms with Crippen LogP contribution in [0.1, 0.15) is 35.7 Å². The van der Waals surface area contributed by atoms with E-state index < -0.39 is 6.10 Å². The molecule has 0 saturated carbocycles. The summed E-state index contributed by atoms with van der Waals surface area (Å²) in [5.41, 5.74) is 2.08. The molecule has 1 saturated heterocycles.